The second-order valence-electron chi connectivity index (χ2n) is 4.41. The van der Waals surface area contributed by atoms with Gasteiger partial charge < -0.3 is 22.0 Å². The van der Waals surface area contributed by atoms with Gasteiger partial charge in [-0.25, -0.2) is 8.42 Å². The van der Waals surface area contributed by atoms with Crippen LogP contribution in [-0.4, -0.2) is 43.7 Å². The number of nitrogens with zero attached hydrogens (tertiary/aromatic N) is 1. The van der Waals surface area contributed by atoms with E-state index in [1.54, 1.807) is 6.92 Å². The molecular weight excluding hydrogens is 296 g/mol. The molecule has 0 aliphatic rings. The number of benzene rings is 1. The van der Waals surface area contributed by atoms with Crippen LogP contribution in [-0.2, 0) is 14.6 Å². The fourth-order valence-electron chi connectivity index (χ4n) is 1.53. The summed E-state index contributed by atoms with van der Waals surface area (Å²) < 4.78 is 24.3. The average Bonchev–Trinajstić information content (AvgIpc) is 2.46. The van der Waals surface area contributed by atoms with Crippen LogP contribution in [0.5, 0.6) is 0 Å². The fraction of sp³-hybridized carbons (Fsp3) is 0.333. The Labute approximate surface area is 122 Å². The van der Waals surface area contributed by atoms with E-state index in [4.69, 9.17) is 16.7 Å². The summed E-state index contributed by atoms with van der Waals surface area (Å²) in [4.78, 5) is 10.9. The van der Waals surface area contributed by atoms with E-state index in [0.717, 1.165) is 0 Å². The molecule has 9 heteroatoms. The lowest BCUT2D eigenvalue weighted by atomic mass is 10.2. The molecule has 0 heterocycles. The molecule has 0 aromatic heterocycles. The molecule has 0 bridgehead atoms. The van der Waals surface area contributed by atoms with Gasteiger partial charge in [-0.1, -0.05) is 17.3 Å². The number of hydrogen-bond acceptors (Lipinski definition) is 6. The first kappa shape index (κ1) is 16.9. The van der Waals surface area contributed by atoms with E-state index >= 15 is 0 Å². The Balaban J connectivity index is 2.81. The summed E-state index contributed by atoms with van der Waals surface area (Å²) in [6.07, 6.45) is 0. The number of hydrogen-bond donors (Lipinski definition) is 4. The third-order valence-electron chi connectivity index (χ3n) is 2.84. The molecule has 8 nitrogen and oxygen atoms in total. The number of amides is 1. The predicted molar refractivity (Wildman–Crippen MR) is 77.7 cm³/mol. The molecule has 1 aromatic carbocycles. The van der Waals surface area contributed by atoms with Crippen LogP contribution >= 0.6 is 0 Å². The lowest BCUT2D eigenvalue weighted by molar-refractivity contribution is -0.119. The van der Waals surface area contributed by atoms with E-state index in [1.165, 1.54) is 24.3 Å². The lowest BCUT2D eigenvalue weighted by Gasteiger charge is -2.10. The first-order valence-corrected chi connectivity index (χ1v) is 7.76. The highest BCUT2D eigenvalue weighted by Gasteiger charge is 2.16. The Hall–Kier alpha value is -2.13. The number of nitrogens with one attached hydrogen (secondary N) is 1. The summed E-state index contributed by atoms with van der Waals surface area (Å²) >= 11 is 0. The molecule has 1 aromatic rings. The molecule has 0 radical (unpaired) electrons. The van der Waals surface area contributed by atoms with Crippen molar-refractivity contribution >= 4 is 21.6 Å². The van der Waals surface area contributed by atoms with Gasteiger partial charge in [0.2, 0.25) is 5.91 Å². The summed E-state index contributed by atoms with van der Waals surface area (Å²) in [6.45, 7) is 1.63. The average molecular weight is 314 g/mol. The van der Waals surface area contributed by atoms with Gasteiger partial charge in [0.15, 0.2) is 15.7 Å². The quantitative estimate of drug-likeness (QED) is 0.220. The van der Waals surface area contributed by atoms with E-state index in [0.29, 0.717) is 5.56 Å². The van der Waals surface area contributed by atoms with Crippen molar-refractivity contribution in [1.82, 2.24) is 5.32 Å². The minimum atomic E-state index is -3.55. The summed E-state index contributed by atoms with van der Waals surface area (Å²) in [5.41, 5.74) is 10.8. The van der Waals surface area contributed by atoms with Crippen LogP contribution in [0.4, 0.5) is 0 Å². The van der Waals surface area contributed by atoms with Crippen LogP contribution < -0.4 is 16.8 Å². The van der Waals surface area contributed by atoms with E-state index in [9.17, 15) is 13.2 Å². The van der Waals surface area contributed by atoms with Crippen molar-refractivity contribution in [2.24, 2.45) is 16.6 Å². The van der Waals surface area contributed by atoms with Crippen molar-refractivity contribution in [2.75, 3.05) is 12.3 Å². The molecule has 0 saturated carbocycles. The second-order valence-corrected chi connectivity index (χ2v) is 6.52. The first-order chi connectivity index (χ1) is 9.77. The van der Waals surface area contributed by atoms with Gasteiger partial charge in [0, 0.05) is 12.1 Å². The number of nitrogens with two attached hydrogens (primary N) is 2. The molecule has 6 N–H and O–H groups in total. The van der Waals surface area contributed by atoms with E-state index in [2.05, 4.69) is 10.5 Å². The molecule has 1 amide bonds. The van der Waals surface area contributed by atoms with Crippen LogP contribution in [0.25, 0.3) is 0 Å². The molecule has 0 fully saturated rings. The summed E-state index contributed by atoms with van der Waals surface area (Å²) in [7, 11) is -3.55. The van der Waals surface area contributed by atoms with Gasteiger partial charge >= 0.3 is 0 Å². The minimum absolute atomic E-state index is 0.0557. The zero-order chi connectivity index (χ0) is 16.0. The van der Waals surface area contributed by atoms with Crippen molar-refractivity contribution in [2.45, 2.75) is 17.9 Å². The summed E-state index contributed by atoms with van der Waals surface area (Å²) in [5.74, 6) is -0.932. The van der Waals surface area contributed by atoms with Gasteiger partial charge in [0.1, 0.15) is 0 Å². The summed E-state index contributed by atoms with van der Waals surface area (Å²) in [5, 5.41) is 14.1. The van der Waals surface area contributed by atoms with E-state index in [-0.39, 0.29) is 23.0 Å². The fourth-order valence-corrected chi connectivity index (χ4v) is 2.75. The molecule has 1 unspecified atom stereocenters. The molecule has 0 aliphatic carbocycles. The zero-order valence-electron chi connectivity index (χ0n) is 11.5. The molecule has 0 aliphatic heterocycles. The summed E-state index contributed by atoms with van der Waals surface area (Å²) in [6, 6.07) is 5.16. The van der Waals surface area contributed by atoms with E-state index < -0.39 is 21.8 Å². The largest absolute Gasteiger partial charge is 0.409 e. The highest BCUT2D eigenvalue weighted by atomic mass is 32.2. The molecular formula is C12H18N4O4S. The van der Waals surface area contributed by atoms with E-state index in [1.807, 2.05) is 0 Å². The number of amidine groups is 1. The normalized spacial score (nSPS) is 13.9. The topological polar surface area (TPSA) is 148 Å². The van der Waals surface area contributed by atoms with Gasteiger partial charge in [-0.2, -0.15) is 0 Å². The number of carbonyl (C=O) groups is 1. The molecule has 0 saturated heterocycles. The maximum Gasteiger partial charge on any atom is 0.234 e. The van der Waals surface area contributed by atoms with Gasteiger partial charge in [-0.15, -0.1) is 0 Å². The SMILES string of the molecule is CC(NCCS(=O)(=O)c1cccc(/C(N)=N/O)c1)C(N)=O. The molecule has 21 heavy (non-hydrogen) atoms. The molecule has 1 atom stereocenters. The Bertz CT molecular complexity index is 642. The zero-order valence-corrected chi connectivity index (χ0v) is 12.3. The highest BCUT2D eigenvalue weighted by molar-refractivity contribution is 7.91. The number of carbonyl (C=O) groups excluding carboxylic acids is 1. The number of rotatable bonds is 7. The van der Waals surface area contributed by atoms with Gasteiger partial charge in [-0.05, 0) is 19.1 Å². The third-order valence-corrected chi connectivity index (χ3v) is 4.56. The highest BCUT2D eigenvalue weighted by Crippen LogP contribution is 2.13. The monoisotopic (exact) mass is 314 g/mol. The van der Waals surface area contributed by atoms with Crippen molar-refractivity contribution in [3.8, 4) is 0 Å². The van der Waals surface area contributed by atoms with Gasteiger partial charge in [-0.3, -0.25) is 4.79 Å². The maximum absolute atomic E-state index is 12.1. The van der Waals surface area contributed by atoms with Crippen molar-refractivity contribution in [1.29, 1.82) is 0 Å². The maximum atomic E-state index is 12.1. The third kappa shape index (κ3) is 4.72. The van der Waals surface area contributed by atoms with Crippen molar-refractivity contribution in [3.05, 3.63) is 29.8 Å². The number of sulfone groups is 1. The molecule has 0 spiro atoms. The Morgan fingerprint density at radius 3 is 2.67 bits per heavy atom. The van der Waals surface area contributed by atoms with Crippen molar-refractivity contribution < 1.29 is 18.4 Å². The molecule has 116 valence electrons. The Morgan fingerprint density at radius 1 is 1.43 bits per heavy atom. The van der Waals surface area contributed by atoms with Gasteiger partial charge in [0.25, 0.3) is 0 Å². The smallest absolute Gasteiger partial charge is 0.234 e. The predicted octanol–water partition coefficient (Wildman–Crippen LogP) is -0.982. The Kier molecular flexibility index (Phi) is 5.68. The van der Waals surface area contributed by atoms with Crippen molar-refractivity contribution in [3.63, 3.8) is 0 Å². The van der Waals surface area contributed by atoms with Crippen LogP contribution in [0.3, 0.4) is 0 Å². The number of oxime groups is 1. The standard InChI is InChI=1S/C12H18N4O4S/c1-8(12(14)17)15-5-6-21(19,20)10-4-2-3-9(7-10)11(13)16-18/h2-4,7-8,15,18H,5-6H2,1H3,(H2,13,16)(H2,14,17). The van der Waals surface area contributed by atoms with Crippen LogP contribution in [0.15, 0.2) is 34.3 Å². The number of primary amides is 1. The van der Waals surface area contributed by atoms with Crippen LogP contribution in [0.2, 0.25) is 0 Å². The lowest BCUT2D eigenvalue weighted by Crippen LogP contribution is -2.40. The second kappa shape index (κ2) is 7.04. The van der Waals surface area contributed by atoms with Crippen LogP contribution in [0.1, 0.15) is 12.5 Å². The van der Waals surface area contributed by atoms with Crippen LogP contribution in [0, 0.1) is 0 Å². The first-order valence-electron chi connectivity index (χ1n) is 6.11. The Morgan fingerprint density at radius 2 is 2.10 bits per heavy atom. The molecule has 1 rings (SSSR count). The minimum Gasteiger partial charge on any atom is -0.409 e. The van der Waals surface area contributed by atoms with Gasteiger partial charge in [0.05, 0.1) is 16.7 Å².